The molecule has 1 unspecified atom stereocenters. The number of nitrogens with one attached hydrogen (secondary N) is 1. The molecule has 0 saturated carbocycles. The van der Waals surface area contributed by atoms with Crippen LogP contribution in [0.4, 0.5) is 22.4 Å². The summed E-state index contributed by atoms with van der Waals surface area (Å²) in [7, 11) is 1.65. The molecule has 1 fully saturated rings. The van der Waals surface area contributed by atoms with E-state index in [0.717, 1.165) is 17.7 Å². The number of amides is 3. The van der Waals surface area contributed by atoms with Crippen molar-refractivity contribution >= 4 is 23.5 Å². The summed E-state index contributed by atoms with van der Waals surface area (Å²) in [5, 5.41) is 3.25. The van der Waals surface area contributed by atoms with Gasteiger partial charge < -0.3 is 15.1 Å². The molecule has 2 atom stereocenters. The van der Waals surface area contributed by atoms with Crippen LogP contribution in [-0.4, -0.2) is 41.4 Å². The summed E-state index contributed by atoms with van der Waals surface area (Å²) in [6.45, 7) is 2.26. The molecule has 3 amide bonds. The summed E-state index contributed by atoms with van der Waals surface area (Å²) in [5.74, 6) is -1.62. The van der Waals surface area contributed by atoms with Gasteiger partial charge in [-0.05, 0) is 55.2 Å². The van der Waals surface area contributed by atoms with Crippen molar-refractivity contribution in [1.29, 1.82) is 0 Å². The molecule has 2 aromatic carbocycles. The second-order valence-electron chi connectivity index (χ2n) is 8.08. The first-order valence-electron chi connectivity index (χ1n) is 10.4. The molecule has 0 radical (unpaired) electrons. The van der Waals surface area contributed by atoms with Crippen molar-refractivity contribution in [3.63, 3.8) is 0 Å². The topological polar surface area (TPSA) is 52.7 Å². The van der Waals surface area contributed by atoms with Crippen molar-refractivity contribution in [3.05, 3.63) is 70.0 Å². The lowest BCUT2D eigenvalue weighted by atomic mass is 10.1. The van der Waals surface area contributed by atoms with Gasteiger partial charge in [-0.3, -0.25) is 4.79 Å². The van der Waals surface area contributed by atoms with Gasteiger partial charge >= 0.3 is 12.2 Å². The third kappa shape index (κ3) is 5.96. The van der Waals surface area contributed by atoms with Gasteiger partial charge in [0, 0.05) is 25.2 Å². The Morgan fingerprint density at radius 1 is 1.21 bits per heavy atom. The number of urea groups is 1. The molecule has 1 N–H and O–H groups in total. The van der Waals surface area contributed by atoms with Crippen LogP contribution in [0, 0.1) is 5.82 Å². The Labute approximate surface area is 194 Å². The lowest BCUT2D eigenvalue weighted by molar-refractivity contribution is -0.140. The maximum absolute atomic E-state index is 13.9. The van der Waals surface area contributed by atoms with Crippen molar-refractivity contribution in [2.24, 2.45) is 0 Å². The van der Waals surface area contributed by atoms with Gasteiger partial charge in [0.15, 0.2) is 0 Å². The SMILES string of the molecule is CC(NC(=O)N1CCC[C@@H]1C(=O)N(C)Cc1ccc(Cl)cc1)c1ccc(C(F)(F)F)c(F)c1. The zero-order chi connectivity index (χ0) is 24.3. The molecule has 3 rings (SSSR count). The standard InChI is InChI=1S/C23H24ClF4N3O2/c1-14(16-7-10-18(19(25)12-16)23(26,27)28)29-22(33)31-11-3-4-20(31)21(32)30(2)13-15-5-8-17(24)9-6-15/h5-10,12,14,20H,3-4,11,13H2,1-2H3,(H,29,33)/t14?,20-/m1/s1. The van der Waals surface area contributed by atoms with Gasteiger partial charge in [-0.25, -0.2) is 9.18 Å². The molecule has 10 heteroatoms. The minimum Gasteiger partial charge on any atom is -0.340 e. The summed E-state index contributed by atoms with van der Waals surface area (Å²) < 4.78 is 52.2. The maximum Gasteiger partial charge on any atom is 0.419 e. The summed E-state index contributed by atoms with van der Waals surface area (Å²) in [5.41, 5.74) is -0.281. The predicted octanol–water partition coefficient (Wildman–Crippen LogP) is 5.39. The molecule has 1 aliphatic heterocycles. The predicted molar refractivity (Wildman–Crippen MR) is 116 cm³/mol. The van der Waals surface area contributed by atoms with Gasteiger partial charge in [0.25, 0.3) is 0 Å². The Hall–Kier alpha value is -2.81. The first-order valence-corrected chi connectivity index (χ1v) is 10.8. The minimum atomic E-state index is -4.80. The van der Waals surface area contributed by atoms with E-state index in [0.29, 0.717) is 37.0 Å². The molecule has 33 heavy (non-hydrogen) atoms. The third-order valence-electron chi connectivity index (χ3n) is 5.65. The van der Waals surface area contributed by atoms with Crippen molar-refractivity contribution in [3.8, 4) is 0 Å². The fourth-order valence-corrected chi connectivity index (χ4v) is 3.97. The molecule has 1 heterocycles. The number of halogens is 5. The summed E-state index contributed by atoms with van der Waals surface area (Å²) in [6, 6.07) is 7.71. The number of carbonyl (C=O) groups excluding carboxylic acids is 2. The van der Waals surface area contributed by atoms with E-state index < -0.39 is 35.7 Å². The maximum atomic E-state index is 13.9. The quantitative estimate of drug-likeness (QED) is 0.577. The van der Waals surface area contributed by atoms with Gasteiger partial charge in [0.1, 0.15) is 11.9 Å². The van der Waals surface area contributed by atoms with Crippen molar-refractivity contribution < 1.29 is 27.2 Å². The van der Waals surface area contributed by atoms with Crippen LogP contribution in [0.5, 0.6) is 0 Å². The molecule has 0 bridgehead atoms. The molecule has 0 aliphatic carbocycles. The van der Waals surface area contributed by atoms with Crippen LogP contribution in [0.25, 0.3) is 0 Å². The number of likely N-dealkylation sites (N-methyl/N-ethyl adjacent to an activating group) is 1. The highest BCUT2D eigenvalue weighted by Gasteiger charge is 2.37. The summed E-state index contributed by atoms with van der Waals surface area (Å²) in [4.78, 5) is 28.8. The zero-order valence-electron chi connectivity index (χ0n) is 18.1. The van der Waals surface area contributed by atoms with E-state index in [1.807, 2.05) is 12.1 Å². The molecule has 0 spiro atoms. The Morgan fingerprint density at radius 2 is 1.88 bits per heavy atom. The third-order valence-corrected chi connectivity index (χ3v) is 5.90. The average Bonchev–Trinajstić information content (AvgIpc) is 3.23. The van der Waals surface area contributed by atoms with Crippen molar-refractivity contribution in [2.75, 3.05) is 13.6 Å². The molecule has 1 saturated heterocycles. The number of rotatable bonds is 5. The van der Waals surface area contributed by atoms with E-state index in [4.69, 9.17) is 11.6 Å². The molecule has 178 valence electrons. The van der Waals surface area contributed by atoms with Crippen LogP contribution in [0.3, 0.4) is 0 Å². The molecular formula is C23H24ClF4N3O2. The number of nitrogens with zero attached hydrogens (tertiary/aromatic N) is 2. The van der Waals surface area contributed by atoms with Gasteiger partial charge in [-0.2, -0.15) is 13.2 Å². The van der Waals surface area contributed by atoms with Crippen molar-refractivity contribution in [2.45, 2.75) is 44.6 Å². The van der Waals surface area contributed by atoms with E-state index in [1.165, 1.54) is 9.80 Å². The monoisotopic (exact) mass is 485 g/mol. The number of carbonyl (C=O) groups is 2. The number of alkyl halides is 3. The number of benzene rings is 2. The minimum absolute atomic E-state index is 0.191. The fraction of sp³-hybridized carbons (Fsp3) is 0.391. The van der Waals surface area contributed by atoms with Crippen LogP contribution in [0.15, 0.2) is 42.5 Å². The Kier molecular flexibility index (Phi) is 7.51. The second-order valence-corrected chi connectivity index (χ2v) is 8.52. The van der Waals surface area contributed by atoms with E-state index >= 15 is 0 Å². The van der Waals surface area contributed by atoms with Crippen LogP contribution < -0.4 is 5.32 Å². The van der Waals surface area contributed by atoms with Gasteiger partial charge in [-0.1, -0.05) is 29.8 Å². The number of hydrogen-bond acceptors (Lipinski definition) is 2. The van der Waals surface area contributed by atoms with E-state index in [9.17, 15) is 27.2 Å². The van der Waals surface area contributed by atoms with Gasteiger partial charge in [0.05, 0.1) is 11.6 Å². The Morgan fingerprint density at radius 3 is 2.48 bits per heavy atom. The molecule has 0 aromatic heterocycles. The highest BCUT2D eigenvalue weighted by molar-refractivity contribution is 6.30. The van der Waals surface area contributed by atoms with Crippen LogP contribution in [0.1, 0.15) is 42.5 Å². The van der Waals surface area contributed by atoms with Crippen LogP contribution in [0.2, 0.25) is 5.02 Å². The van der Waals surface area contributed by atoms with E-state index in [2.05, 4.69) is 5.32 Å². The van der Waals surface area contributed by atoms with Crippen molar-refractivity contribution in [1.82, 2.24) is 15.1 Å². The lowest BCUT2D eigenvalue weighted by Gasteiger charge is -2.29. The largest absolute Gasteiger partial charge is 0.419 e. The fourth-order valence-electron chi connectivity index (χ4n) is 3.84. The van der Waals surface area contributed by atoms with E-state index in [-0.39, 0.29) is 11.5 Å². The van der Waals surface area contributed by atoms with Crippen LogP contribution >= 0.6 is 11.6 Å². The summed E-state index contributed by atoms with van der Waals surface area (Å²) >= 11 is 5.89. The Balaban J connectivity index is 1.64. The van der Waals surface area contributed by atoms with Gasteiger partial charge in [0.2, 0.25) is 5.91 Å². The molecule has 5 nitrogen and oxygen atoms in total. The number of likely N-dealkylation sites (tertiary alicyclic amines) is 1. The first-order chi connectivity index (χ1) is 15.5. The molecule has 2 aromatic rings. The molecular weight excluding hydrogens is 462 g/mol. The highest BCUT2D eigenvalue weighted by atomic mass is 35.5. The highest BCUT2D eigenvalue weighted by Crippen LogP contribution is 2.32. The van der Waals surface area contributed by atoms with E-state index in [1.54, 1.807) is 26.1 Å². The first kappa shape index (κ1) is 24.8. The summed E-state index contributed by atoms with van der Waals surface area (Å²) in [6.07, 6.45) is -3.65. The van der Waals surface area contributed by atoms with Crippen LogP contribution in [-0.2, 0) is 17.5 Å². The Bertz CT molecular complexity index is 1010. The zero-order valence-corrected chi connectivity index (χ0v) is 18.9. The lowest BCUT2D eigenvalue weighted by Crippen LogP contribution is -2.50. The normalized spacial score (nSPS) is 17.1. The molecule has 1 aliphatic rings. The number of hydrogen-bond donors (Lipinski definition) is 1. The smallest absolute Gasteiger partial charge is 0.340 e. The van der Waals surface area contributed by atoms with Gasteiger partial charge in [-0.15, -0.1) is 0 Å². The second kappa shape index (κ2) is 9.99. The average molecular weight is 486 g/mol.